The van der Waals surface area contributed by atoms with E-state index in [0.29, 0.717) is 9.26 Å². The Kier molecular flexibility index (Phi) is 4.77. The molecule has 1 aromatic rings. The molecule has 0 saturated heterocycles. The van der Waals surface area contributed by atoms with Crippen LogP contribution in [0.25, 0.3) is 0 Å². The van der Waals surface area contributed by atoms with Gasteiger partial charge < -0.3 is 5.32 Å². The first kappa shape index (κ1) is 15.0. The van der Waals surface area contributed by atoms with Gasteiger partial charge in [-0.05, 0) is 41.6 Å². The summed E-state index contributed by atoms with van der Waals surface area (Å²) in [6, 6.07) is 3.32. The van der Waals surface area contributed by atoms with Gasteiger partial charge in [0.05, 0.1) is 14.9 Å². The Morgan fingerprint density at radius 2 is 2.11 bits per heavy atom. The zero-order valence-electron chi connectivity index (χ0n) is 9.29. The maximum atomic E-state index is 12.1. The molecule has 0 aliphatic rings. The minimum atomic E-state index is -4.24. The molecule has 0 radical (unpaired) electrons. The van der Waals surface area contributed by atoms with Gasteiger partial charge in [-0.2, -0.15) is 13.2 Å². The summed E-state index contributed by atoms with van der Waals surface area (Å²) in [5.74, 6) is 0. The molecule has 100 valence electrons. The minimum Gasteiger partial charge on any atom is -0.382 e. The van der Waals surface area contributed by atoms with Crippen LogP contribution in [0, 0.1) is 13.7 Å². The van der Waals surface area contributed by atoms with E-state index in [0.717, 1.165) is 0 Å². The molecule has 0 heterocycles. The van der Waals surface area contributed by atoms with Gasteiger partial charge in [0.15, 0.2) is 0 Å². The number of nitrogens with one attached hydrogen (secondary N) is 1. The van der Waals surface area contributed by atoms with Crippen LogP contribution in [0.15, 0.2) is 18.2 Å². The number of rotatable bonds is 4. The van der Waals surface area contributed by atoms with Crippen LogP contribution in [0.2, 0.25) is 0 Å². The zero-order chi connectivity index (χ0) is 13.9. The summed E-state index contributed by atoms with van der Waals surface area (Å²) in [6.45, 7) is 1.40. The molecule has 0 amide bonds. The van der Waals surface area contributed by atoms with E-state index in [1.165, 1.54) is 25.1 Å². The van der Waals surface area contributed by atoms with Crippen LogP contribution in [0.3, 0.4) is 0 Å². The first-order valence-electron chi connectivity index (χ1n) is 4.96. The van der Waals surface area contributed by atoms with Gasteiger partial charge in [0.2, 0.25) is 0 Å². The topological polar surface area (TPSA) is 55.2 Å². The van der Waals surface area contributed by atoms with Crippen molar-refractivity contribution in [2.45, 2.75) is 25.6 Å². The number of hydrogen-bond acceptors (Lipinski definition) is 3. The molecule has 1 atom stereocenters. The van der Waals surface area contributed by atoms with Gasteiger partial charge in [-0.15, -0.1) is 0 Å². The lowest BCUT2D eigenvalue weighted by Crippen LogP contribution is -2.23. The third kappa shape index (κ3) is 4.67. The summed E-state index contributed by atoms with van der Waals surface area (Å²) >= 11 is 1.77. The Balaban J connectivity index is 2.75. The summed E-state index contributed by atoms with van der Waals surface area (Å²) in [7, 11) is 0. The average Bonchev–Trinajstić information content (AvgIpc) is 2.13. The highest BCUT2D eigenvalue weighted by atomic mass is 127. The molecule has 0 fully saturated rings. The van der Waals surface area contributed by atoms with E-state index < -0.39 is 23.6 Å². The van der Waals surface area contributed by atoms with Crippen LogP contribution in [-0.4, -0.2) is 17.1 Å². The standard InChI is InChI=1S/C10H10F3IN2O2/c1-6(5-10(11,12)13)15-7-2-3-9(16(17)18)8(14)4-7/h2-4,6,15H,5H2,1H3. The van der Waals surface area contributed by atoms with Crippen molar-refractivity contribution in [1.29, 1.82) is 0 Å². The number of anilines is 1. The van der Waals surface area contributed by atoms with E-state index in [2.05, 4.69) is 5.32 Å². The van der Waals surface area contributed by atoms with E-state index in [1.807, 2.05) is 0 Å². The summed E-state index contributed by atoms with van der Waals surface area (Å²) in [6.07, 6.45) is -5.19. The van der Waals surface area contributed by atoms with E-state index in [4.69, 9.17) is 0 Å². The highest BCUT2D eigenvalue weighted by Gasteiger charge is 2.30. The van der Waals surface area contributed by atoms with Gasteiger partial charge in [-0.25, -0.2) is 0 Å². The molecule has 0 saturated carbocycles. The van der Waals surface area contributed by atoms with E-state index in [1.54, 1.807) is 22.6 Å². The molecular formula is C10H10F3IN2O2. The number of alkyl halides is 3. The molecule has 18 heavy (non-hydrogen) atoms. The van der Waals surface area contributed by atoms with Gasteiger partial charge >= 0.3 is 6.18 Å². The second kappa shape index (κ2) is 5.72. The third-order valence-corrected chi connectivity index (χ3v) is 2.96. The van der Waals surface area contributed by atoms with Gasteiger partial charge in [0.25, 0.3) is 5.69 Å². The van der Waals surface area contributed by atoms with Crippen molar-refractivity contribution in [3.63, 3.8) is 0 Å². The van der Waals surface area contributed by atoms with Gasteiger partial charge in [0, 0.05) is 17.8 Å². The second-order valence-corrected chi connectivity index (χ2v) is 4.95. The quantitative estimate of drug-likeness (QED) is 0.493. The lowest BCUT2D eigenvalue weighted by molar-refractivity contribution is -0.385. The number of benzene rings is 1. The minimum absolute atomic E-state index is 0.0652. The fraction of sp³-hybridized carbons (Fsp3) is 0.400. The van der Waals surface area contributed by atoms with E-state index in [-0.39, 0.29) is 5.69 Å². The Morgan fingerprint density at radius 1 is 1.50 bits per heavy atom. The second-order valence-electron chi connectivity index (χ2n) is 3.79. The molecule has 0 bridgehead atoms. The van der Waals surface area contributed by atoms with E-state index in [9.17, 15) is 23.3 Å². The lowest BCUT2D eigenvalue weighted by Gasteiger charge is -2.17. The number of nitro benzene ring substituents is 1. The highest BCUT2D eigenvalue weighted by Crippen LogP contribution is 2.26. The molecule has 1 unspecified atom stereocenters. The summed E-state index contributed by atoms with van der Waals surface area (Å²) in [5, 5.41) is 13.2. The molecule has 1 N–H and O–H groups in total. The van der Waals surface area contributed by atoms with Crippen molar-refractivity contribution in [2.75, 3.05) is 5.32 Å². The predicted molar refractivity (Wildman–Crippen MR) is 69.6 cm³/mol. The van der Waals surface area contributed by atoms with Gasteiger partial charge in [-0.3, -0.25) is 10.1 Å². The average molecular weight is 374 g/mol. The molecule has 8 heteroatoms. The van der Waals surface area contributed by atoms with Crippen molar-refractivity contribution >= 4 is 34.0 Å². The zero-order valence-corrected chi connectivity index (χ0v) is 11.4. The Morgan fingerprint density at radius 3 is 2.56 bits per heavy atom. The number of hydrogen-bond donors (Lipinski definition) is 1. The fourth-order valence-corrected chi connectivity index (χ4v) is 2.14. The van der Waals surface area contributed by atoms with Crippen molar-refractivity contribution in [3.8, 4) is 0 Å². The number of nitrogens with zero attached hydrogens (tertiary/aromatic N) is 1. The first-order chi connectivity index (χ1) is 8.19. The summed E-state index contributed by atoms with van der Waals surface area (Å²) in [4.78, 5) is 10.0. The van der Waals surface area contributed by atoms with Crippen LogP contribution >= 0.6 is 22.6 Å². The van der Waals surface area contributed by atoms with Gasteiger partial charge in [-0.1, -0.05) is 0 Å². The number of nitro groups is 1. The molecule has 0 aliphatic heterocycles. The molecule has 0 aliphatic carbocycles. The smallest absolute Gasteiger partial charge is 0.382 e. The van der Waals surface area contributed by atoms with Gasteiger partial charge in [0.1, 0.15) is 0 Å². The molecule has 1 aromatic carbocycles. The van der Waals surface area contributed by atoms with Crippen molar-refractivity contribution in [1.82, 2.24) is 0 Å². The molecular weight excluding hydrogens is 364 g/mol. The molecule has 0 spiro atoms. The lowest BCUT2D eigenvalue weighted by atomic mass is 10.2. The van der Waals surface area contributed by atoms with Crippen molar-refractivity contribution in [3.05, 3.63) is 31.9 Å². The summed E-state index contributed by atoms with van der Waals surface area (Å²) < 4.78 is 36.8. The Labute approximate surface area is 115 Å². The Bertz CT molecular complexity index is 451. The van der Waals surface area contributed by atoms with Crippen LogP contribution in [0.1, 0.15) is 13.3 Å². The van der Waals surface area contributed by atoms with Crippen LogP contribution in [0.4, 0.5) is 24.5 Å². The molecule has 4 nitrogen and oxygen atoms in total. The maximum absolute atomic E-state index is 12.1. The van der Waals surface area contributed by atoms with E-state index >= 15 is 0 Å². The third-order valence-electron chi connectivity index (χ3n) is 2.10. The SMILES string of the molecule is CC(CC(F)(F)F)Nc1ccc([N+](=O)[O-])c(I)c1. The summed E-state index contributed by atoms with van der Waals surface area (Å²) in [5.41, 5.74) is 0.367. The highest BCUT2D eigenvalue weighted by molar-refractivity contribution is 14.1. The number of halogens is 4. The normalized spacial score (nSPS) is 13.2. The van der Waals surface area contributed by atoms with Crippen molar-refractivity contribution < 1.29 is 18.1 Å². The largest absolute Gasteiger partial charge is 0.391 e. The first-order valence-corrected chi connectivity index (χ1v) is 6.04. The van der Waals surface area contributed by atoms with Crippen LogP contribution < -0.4 is 5.32 Å². The van der Waals surface area contributed by atoms with Crippen LogP contribution in [0.5, 0.6) is 0 Å². The molecule has 0 aromatic heterocycles. The monoisotopic (exact) mass is 374 g/mol. The Hall–Kier alpha value is -1.06. The predicted octanol–water partition coefficient (Wildman–Crippen LogP) is 3.95. The maximum Gasteiger partial charge on any atom is 0.391 e. The van der Waals surface area contributed by atoms with Crippen molar-refractivity contribution in [2.24, 2.45) is 0 Å². The van der Waals surface area contributed by atoms with Crippen LogP contribution in [-0.2, 0) is 0 Å². The fourth-order valence-electron chi connectivity index (χ4n) is 1.43. The molecule has 1 rings (SSSR count).